The van der Waals surface area contributed by atoms with Crippen LogP contribution in [-0.4, -0.2) is 6.54 Å². The highest BCUT2D eigenvalue weighted by atomic mass is 35.5. The molecule has 0 aromatic heterocycles. The van der Waals surface area contributed by atoms with Crippen molar-refractivity contribution in [3.63, 3.8) is 0 Å². The van der Waals surface area contributed by atoms with Crippen molar-refractivity contribution in [1.82, 2.24) is 0 Å². The van der Waals surface area contributed by atoms with Crippen LogP contribution >= 0.6 is 11.6 Å². The normalized spacial score (nSPS) is 12.9. The van der Waals surface area contributed by atoms with Crippen LogP contribution in [0.4, 0.5) is 0 Å². The maximum absolute atomic E-state index is 6.29. The zero-order chi connectivity index (χ0) is 10.7. The highest BCUT2D eigenvalue weighted by Gasteiger charge is 2.13. The van der Waals surface area contributed by atoms with E-state index in [-0.39, 0.29) is 0 Å². The fourth-order valence-corrected chi connectivity index (χ4v) is 2.20. The summed E-state index contributed by atoms with van der Waals surface area (Å²) in [6.07, 6.45) is 0.990. The third-order valence-electron chi connectivity index (χ3n) is 2.68. The summed E-state index contributed by atoms with van der Waals surface area (Å²) in [5.74, 6) is 0.451. The zero-order valence-electron chi connectivity index (χ0n) is 9.10. The number of hydrogen-bond acceptors (Lipinski definition) is 1. The van der Waals surface area contributed by atoms with E-state index >= 15 is 0 Å². The lowest BCUT2D eigenvalue weighted by Crippen LogP contribution is -2.06. The molecule has 1 aromatic rings. The Hall–Kier alpha value is -0.530. The van der Waals surface area contributed by atoms with Crippen molar-refractivity contribution in [3.8, 4) is 0 Å². The monoisotopic (exact) mass is 211 g/mol. The molecule has 0 heterocycles. The van der Waals surface area contributed by atoms with Gasteiger partial charge in [0.1, 0.15) is 0 Å². The Morgan fingerprint density at radius 3 is 2.43 bits per heavy atom. The molecule has 0 spiro atoms. The minimum absolute atomic E-state index is 0.451. The summed E-state index contributed by atoms with van der Waals surface area (Å²) in [5.41, 5.74) is 9.24. The Bertz CT molecular complexity index is 320. The van der Waals surface area contributed by atoms with Crippen LogP contribution in [0.3, 0.4) is 0 Å². The average Bonchev–Trinajstić information content (AvgIpc) is 2.13. The van der Waals surface area contributed by atoms with Crippen LogP contribution in [0, 0.1) is 13.8 Å². The first kappa shape index (κ1) is 11.5. The Kier molecular flexibility index (Phi) is 3.97. The molecule has 0 saturated heterocycles. The molecular formula is C12H18ClN. The number of halogens is 1. The average molecular weight is 212 g/mol. The smallest absolute Gasteiger partial charge is 0.0472 e. The van der Waals surface area contributed by atoms with E-state index < -0.39 is 0 Å². The van der Waals surface area contributed by atoms with Gasteiger partial charge in [-0.15, -0.1) is 0 Å². The van der Waals surface area contributed by atoms with Gasteiger partial charge >= 0.3 is 0 Å². The van der Waals surface area contributed by atoms with Gasteiger partial charge in [0, 0.05) is 5.02 Å². The molecule has 0 saturated carbocycles. The molecule has 0 amide bonds. The summed E-state index contributed by atoms with van der Waals surface area (Å²) >= 11 is 6.29. The van der Waals surface area contributed by atoms with Gasteiger partial charge in [0.2, 0.25) is 0 Å². The van der Waals surface area contributed by atoms with Crippen LogP contribution in [0.1, 0.15) is 36.0 Å². The predicted molar refractivity (Wildman–Crippen MR) is 63.0 cm³/mol. The van der Waals surface area contributed by atoms with Gasteiger partial charge < -0.3 is 5.73 Å². The number of nitrogens with two attached hydrogens (primary N) is 1. The number of rotatable bonds is 3. The van der Waals surface area contributed by atoms with Crippen molar-refractivity contribution in [3.05, 3.63) is 33.8 Å². The molecular weight excluding hydrogens is 194 g/mol. The second-order valence-corrected chi connectivity index (χ2v) is 4.28. The highest BCUT2D eigenvalue weighted by molar-refractivity contribution is 6.32. The predicted octanol–water partition coefficient (Wildman–Crippen LogP) is 3.41. The topological polar surface area (TPSA) is 26.0 Å². The van der Waals surface area contributed by atoms with E-state index in [0.29, 0.717) is 12.5 Å². The van der Waals surface area contributed by atoms with E-state index in [0.717, 1.165) is 17.0 Å². The third kappa shape index (κ3) is 2.28. The van der Waals surface area contributed by atoms with Crippen molar-refractivity contribution >= 4 is 11.6 Å². The molecule has 1 aromatic carbocycles. The minimum Gasteiger partial charge on any atom is -0.330 e. The highest BCUT2D eigenvalue weighted by Crippen LogP contribution is 2.31. The van der Waals surface area contributed by atoms with Crippen molar-refractivity contribution in [2.75, 3.05) is 6.54 Å². The summed E-state index contributed by atoms with van der Waals surface area (Å²) in [6.45, 7) is 7.04. The maximum atomic E-state index is 6.29. The van der Waals surface area contributed by atoms with Crippen molar-refractivity contribution in [1.29, 1.82) is 0 Å². The van der Waals surface area contributed by atoms with E-state index in [1.165, 1.54) is 11.1 Å². The van der Waals surface area contributed by atoms with Crippen LogP contribution in [0.2, 0.25) is 5.02 Å². The lowest BCUT2D eigenvalue weighted by Gasteiger charge is -2.17. The number of hydrogen-bond donors (Lipinski definition) is 1. The molecule has 78 valence electrons. The molecule has 0 aliphatic carbocycles. The summed E-state index contributed by atoms with van der Waals surface area (Å²) in [5, 5.41) is 0.908. The number of benzene rings is 1. The Labute approximate surface area is 91.3 Å². The van der Waals surface area contributed by atoms with Gasteiger partial charge in [0.05, 0.1) is 0 Å². The van der Waals surface area contributed by atoms with Crippen molar-refractivity contribution in [2.24, 2.45) is 5.73 Å². The molecule has 0 fully saturated rings. The molecule has 1 unspecified atom stereocenters. The van der Waals surface area contributed by atoms with Gasteiger partial charge in [0.15, 0.2) is 0 Å². The first-order valence-corrected chi connectivity index (χ1v) is 5.41. The van der Waals surface area contributed by atoms with Crippen LogP contribution in [0.15, 0.2) is 12.1 Å². The third-order valence-corrected chi connectivity index (χ3v) is 3.19. The lowest BCUT2D eigenvalue weighted by atomic mass is 9.92. The molecule has 2 N–H and O–H groups in total. The molecule has 1 atom stereocenters. The summed E-state index contributed by atoms with van der Waals surface area (Å²) < 4.78 is 0. The summed E-state index contributed by atoms with van der Waals surface area (Å²) in [7, 11) is 0. The van der Waals surface area contributed by atoms with Gasteiger partial charge in [-0.3, -0.25) is 0 Å². The van der Waals surface area contributed by atoms with E-state index in [1.807, 2.05) is 6.92 Å². The van der Waals surface area contributed by atoms with Crippen LogP contribution in [-0.2, 0) is 0 Å². The quantitative estimate of drug-likeness (QED) is 0.815. The van der Waals surface area contributed by atoms with E-state index in [9.17, 15) is 0 Å². The maximum Gasteiger partial charge on any atom is 0.0472 e. The molecule has 14 heavy (non-hydrogen) atoms. The molecule has 0 radical (unpaired) electrons. The fraction of sp³-hybridized carbons (Fsp3) is 0.500. The van der Waals surface area contributed by atoms with Gasteiger partial charge in [-0.2, -0.15) is 0 Å². The van der Waals surface area contributed by atoms with Crippen LogP contribution < -0.4 is 5.73 Å². The SMILES string of the molecule is Cc1ccc(C)c(C(C)CCN)c1Cl. The minimum atomic E-state index is 0.451. The van der Waals surface area contributed by atoms with Crippen molar-refractivity contribution < 1.29 is 0 Å². The second kappa shape index (κ2) is 4.81. The van der Waals surface area contributed by atoms with E-state index in [4.69, 9.17) is 17.3 Å². The van der Waals surface area contributed by atoms with E-state index in [1.54, 1.807) is 0 Å². The van der Waals surface area contributed by atoms with Gasteiger partial charge in [-0.05, 0) is 49.4 Å². The Morgan fingerprint density at radius 2 is 1.86 bits per heavy atom. The molecule has 0 aliphatic heterocycles. The van der Waals surface area contributed by atoms with Gasteiger partial charge in [-0.1, -0.05) is 30.7 Å². The van der Waals surface area contributed by atoms with E-state index in [2.05, 4.69) is 26.0 Å². The summed E-state index contributed by atoms with van der Waals surface area (Å²) in [4.78, 5) is 0. The Morgan fingerprint density at radius 1 is 1.29 bits per heavy atom. The summed E-state index contributed by atoms with van der Waals surface area (Å²) in [6, 6.07) is 4.19. The standard InChI is InChI=1S/C12H18ClN/c1-8-4-5-10(3)12(13)11(8)9(2)6-7-14/h4-5,9H,6-7,14H2,1-3H3. The molecule has 2 heteroatoms. The zero-order valence-corrected chi connectivity index (χ0v) is 9.86. The second-order valence-electron chi connectivity index (χ2n) is 3.91. The molecule has 0 aliphatic rings. The lowest BCUT2D eigenvalue weighted by molar-refractivity contribution is 0.686. The van der Waals surface area contributed by atoms with Crippen LogP contribution in [0.5, 0.6) is 0 Å². The Balaban J connectivity index is 3.11. The van der Waals surface area contributed by atoms with Gasteiger partial charge in [0.25, 0.3) is 0 Å². The first-order chi connectivity index (χ1) is 6.57. The van der Waals surface area contributed by atoms with Gasteiger partial charge in [-0.25, -0.2) is 0 Å². The fourth-order valence-electron chi connectivity index (χ4n) is 1.80. The first-order valence-electron chi connectivity index (χ1n) is 5.03. The van der Waals surface area contributed by atoms with Crippen LogP contribution in [0.25, 0.3) is 0 Å². The van der Waals surface area contributed by atoms with Crippen molar-refractivity contribution in [2.45, 2.75) is 33.1 Å². The largest absolute Gasteiger partial charge is 0.330 e. The molecule has 0 bridgehead atoms. The molecule has 1 rings (SSSR count). The molecule has 1 nitrogen and oxygen atoms in total. The number of aryl methyl sites for hydroxylation is 2.